The minimum Gasteiger partial charge on any atom is -0.462 e. The largest absolute Gasteiger partial charge is 0.472 e. The van der Waals surface area contributed by atoms with Crippen molar-refractivity contribution in [3.63, 3.8) is 0 Å². The first-order valence-electron chi connectivity index (χ1n) is 40.4. The van der Waals surface area contributed by atoms with Crippen molar-refractivity contribution in [1.82, 2.24) is 0 Å². The minimum absolute atomic E-state index is 0.104. The molecule has 7 atom stereocenters. The second kappa shape index (κ2) is 68.5. The van der Waals surface area contributed by atoms with E-state index in [0.29, 0.717) is 31.6 Å². The number of carbonyl (C=O) groups excluding carboxylic acids is 4. The fourth-order valence-electron chi connectivity index (χ4n) is 11.9. The summed E-state index contributed by atoms with van der Waals surface area (Å²) < 4.78 is 68.6. The summed E-state index contributed by atoms with van der Waals surface area (Å²) in [6.45, 7) is 11.9. The van der Waals surface area contributed by atoms with E-state index in [9.17, 15) is 43.2 Å². The molecule has 97 heavy (non-hydrogen) atoms. The zero-order chi connectivity index (χ0) is 71.6. The molecule has 0 amide bonds. The van der Waals surface area contributed by atoms with E-state index in [2.05, 4.69) is 48.5 Å². The van der Waals surface area contributed by atoms with Crippen LogP contribution in [0.25, 0.3) is 0 Å². The van der Waals surface area contributed by atoms with Crippen LogP contribution in [0.5, 0.6) is 0 Å². The van der Waals surface area contributed by atoms with Crippen molar-refractivity contribution < 1.29 is 80.2 Å². The Hall–Kier alpha value is -1.94. The summed E-state index contributed by atoms with van der Waals surface area (Å²) in [5.74, 6) is 0.203. The predicted octanol–water partition coefficient (Wildman–Crippen LogP) is 23.0. The number of ether oxygens (including phenoxy) is 4. The van der Waals surface area contributed by atoms with Crippen molar-refractivity contribution in [3.05, 3.63) is 0 Å². The molecule has 19 heteroatoms. The summed E-state index contributed by atoms with van der Waals surface area (Å²) in [6, 6.07) is 0. The van der Waals surface area contributed by atoms with Crippen molar-refractivity contribution >= 4 is 39.5 Å². The zero-order valence-electron chi connectivity index (χ0n) is 63.5. The number of phosphoric ester groups is 2. The van der Waals surface area contributed by atoms with E-state index in [4.69, 9.17) is 37.0 Å². The SMILES string of the molecule is CCCCCCCCCCCCCCCCCCCC(=O)OC[C@H](COP(=O)(O)OC[C@@H](O)COP(=O)(O)OC[C@@H](COC(=O)CCCCCCCCCC(C)C)OC(=O)CCCCCCCCCCC(C)CC)OC(=O)CCCCCCCCCCCCCCCCC(C)CC. The summed E-state index contributed by atoms with van der Waals surface area (Å²) in [4.78, 5) is 72.9. The monoisotopic (exact) mass is 1420 g/mol. The molecule has 0 aliphatic rings. The van der Waals surface area contributed by atoms with Crippen molar-refractivity contribution in [3.8, 4) is 0 Å². The summed E-state index contributed by atoms with van der Waals surface area (Å²) in [5, 5.41) is 10.6. The molecular formula is C78H152O17P2. The Bertz CT molecular complexity index is 1890. The van der Waals surface area contributed by atoms with E-state index in [1.165, 1.54) is 205 Å². The maximum Gasteiger partial charge on any atom is 0.472 e. The van der Waals surface area contributed by atoms with Crippen LogP contribution in [0.15, 0.2) is 0 Å². The maximum atomic E-state index is 13.1. The highest BCUT2D eigenvalue weighted by atomic mass is 31.2. The topological polar surface area (TPSA) is 237 Å². The second-order valence-electron chi connectivity index (χ2n) is 29.1. The molecule has 0 spiro atoms. The number of hydrogen-bond acceptors (Lipinski definition) is 15. The predicted molar refractivity (Wildman–Crippen MR) is 395 cm³/mol. The number of aliphatic hydroxyl groups excluding tert-OH is 1. The highest BCUT2D eigenvalue weighted by Crippen LogP contribution is 2.45. The van der Waals surface area contributed by atoms with Crippen molar-refractivity contribution in [2.45, 2.75) is 420 Å². The molecule has 0 aromatic heterocycles. The molecule has 0 aromatic rings. The number of aliphatic hydroxyl groups is 1. The Morgan fingerprint density at radius 2 is 0.526 bits per heavy atom. The lowest BCUT2D eigenvalue weighted by Gasteiger charge is -2.21. The Balaban J connectivity index is 5.25. The zero-order valence-corrected chi connectivity index (χ0v) is 65.3. The third-order valence-corrected chi connectivity index (χ3v) is 20.8. The van der Waals surface area contributed by atoms with Gasteiger partial charge in [0.25, 0.3) is 0 Å². The van der Waals surface area contributed by atoms with Gasteiger partial charge in [0.15, 0.2) is 12.2 Å². The molecule has 0 saturated heterocycles. The van der Waals surface area contributed by atoms with E-state index >= 15 is 0 Å². The molecule has 17 nitrogen and oxygen atoms in total. The summed E-state index contributed by atoms with van der Waals surface area (Å²) >= 11 is 0. The summed E-state index contributed by atoms with van der Waals surface area (Å²) in [5.41, 5.74) is 0. The Kier molecular flexibility index (Phi) is 67.1. The fourth-order valence-corrected chi connectivity index (χ4v) is 13.5. The Morgan fingerprint density at radius 1 is 0.299 bits per heavy atom. The average molecular weight is 1420 g/mol. The van der Waals surface area contributed by atoms with Gasteiger partial charge in [-0.2, -0.15) is 0 Å². The first kappa shape index (κ1) is 95.1. The number of rotatable bonds is 76. The highest BCUT2D eigenvalue weighted by Gasteiger charge is 2.30. The molecule has 4 unspecified atom stereocenters. The van der Waals surface area contributed by atoms with E-state index in [0.717, 1.165) is 108 Å². The number of unbranched alkanes of at least 4 members (excludes halogenated alkanes) is 42. The standard InChI is InChI=1S/C78H152O17P2/c1-8-11-12-13-14-15-16-17-18-19-20-24-27-30-38-45-52-59-75(80)88-65-73(94-77(82)61-54-47-39-31-28-25-22-21-23-26-29-36-43-50-57-70(6)9-2)67-92-96(84,85)90-63-72(79)64-91-97(86,87)93-68-74(66-89-76(81)60-53-46-41-34-35-42-49-56-69(4)5)95-78(83)62-55-48-40-33-32-37-44-51-58-71(7)10-3/h69-74,79H,8-68H2,1-7H3,(H,84,85)(H,86,87)/t70?,71?,72-,73-,74-/m1/s1. The number of hydrogen-bond donors (Lipinski definition) is 3. The molecule has 0 aliphatic heterocycles. The fraction of sp³-hybridized carbons (Fsp3) is 0.949. The van der Waals surface area contributed by atoms with Crippen LogP contribution in [-0.2, 0) is 65.4 Å². The molecule has 0 bridgehead atoms. The van der Waals surface area contributed by atoms with Gasteiger partial charge in [0, 0.05) is 25.7 Å². The van der Waals surface area contributed by atoms with Crippen LogP contribution in [0.3, 0.4) is 0 Å². The van der Waals surface area contributed by atoms with Gasteiger partial charge in [0.2, 0.25) is 0 Å². The molecular weight excluding hydrogens is 1270 g/mol. The number of carbonyl (C=O) groups is 4. The van der Waals surface area contributed by atoms with Crippen LogP contribution >= 0.6 is 15.6 Å². The highest BCUT2D eigenvalue weighted by molar-refractivity contribution is 7.47. The molecule has 576 valence electrons. The van der Waals surface area contributed by atoms with Crippen LogP contribution in [0.2, 0.25) is 0 Å². The number of phosphoric acid groups is 2. The van der Waals surface area contributed by atoms with Gasteiger partial charge in [0.1, 0.15) is 19.3 Å². The van der Waals surface area contributed by atoms with Crippen LogP contribution in [0.1, 0.15) is 402 Å². The Labute approximate surface area is 594 Å². The first-order chi connectivity index (χ1) is 46.8. The maximum absolute atomic E-state index is 13.1. The summed E-state index contributed by atoms with van der Waals surface area (Å²) in [7, 11) is -9.92. The molecule has 0 rings (SSSR count). The smallest absolute Gasteiger partial charge is 0.462 e. The van der Waals surface area contributed by atoms with Gasteiger partial charge in [-0.15, -0.1) is 0 Å². The lowest BCUT2D eigenvalue weighted by molar-refractivity contribution is -0.161. The third kappa shape index (κ3) is 69.5. The van der Waals surface area contributed by atoms with Gasteiger partial charge in [-0.3, -0.25) is 37.3 Å². The van der Waals surface area contributed by atoms with Gasteiger partial charge >= 0.3 is 39.5 Å². The van der Waals surface area contributed by atoms with Crippen molar-refractivity contribution in [1.29, 1.82) is 0 Å². The van der Waals surface area contributed by atoms with Crippen LogP contribution in [-0.4, -0.2) is 96.7 Å². The lowest BCUT2D eigenvalue weighted by Crippen LogP contribution is -2.30. The van der Waals surface area contributed by atoms with Crippen LogP contribution < -0.4 is 0 Å². The van der Waals surface area contributed by atoms with Gasteiger partial charge in [-0.05, 0) is 43.4 Å². The quantitative estimate of drug-likeness (QED) is 0.0222. The summed E-state index contributed by atoms with van der Waals surface area (Å²) in [6.07, 6.45) is 55.5. The van der Waals surface area contributed by atoms with Gasteiger partial charge in [0.05, 0.1) is 26.4 Å². The molecule has 3 N–H and O–H groups in total. The normalized spacial score (nSPS) is 14.6. The molecule has 0 aromatic carbocycles. The van der Waals surface area contributed by atoms with Crippen molar-refractivity contribution in [2.75, 3.05) is 39.6 Å². The van der Waals surface area contributed by atoms with Gasteiger partial charge in [-0.1, -0.05) is 350 Å². The molecule has 0 saturated carbocycles. The lowest BCUT2D eigenvalue weighted by atomic mass is 9.99. The van der Waals surface area contributed by atoms with E-state index in [1.807, 2.05) is 0 Å². The first-order valence-corrected chi connectivity index (χ1v) is 43.4. The molecule has 0 heterocycles. The third-order valence-electron chi connectivity index (χ3n) is 18.9. The second-order valence-corrected chi connectivity index (χ2v) is 32.0. The van der Waals surface area contributed by atoms with Gasteiger partial charge in [-0.25, -0.2) is 9.13 Å². The van der Waals surface area contributed by atoms with E-state index in [-0.39, 0.29) is 25.7 Å². The molecule has 0 radical (unpaired) electrons. The molecule has 0 fully saturated rings. The van der Waals surface area contributed by atoms with Gasteiger partial charge < -0.3 is 33.8 Å². The van der Waals surface area contributed by atoms with E-state index < -0.39 is 97.5 Å². The van der Waals surface area contributed by atoms with E-state index in [1.54, 1.807) is 0 Å². The minimum atomic E-state index is -4.96. The van der Waals surface area contributed by atoms with Crippen molar-refractivity contribution in [2.24, 2.45) is 17.8 Å². The average Bonchev–Trinajstić information content (AvgIpc) is 2.01. The van der Waals surface area contributed by atoms with Crippen LogP contribution in [0.4, 0.5) is 0 Å². The van der Waals surface area contributed by atoms with Crippen LogP contribution in [0, 0.1) is 17.8 Å². The Morgan fingerprint density at radius 3 is 0.784 bits per heavy atom. The molecule has 0 aliphatic carbocycles. The number of esters is 4.